The quantitative estimate of drug-likeness (QED) is 0.942. The first-order chi connectivity index (χ1) is 11.7. The van der Waals surface area contributed by atoms with Crippen LogP contribution in [0.15, 0.2) is 30.5 Å². The predicted octanol–water partition coefficient (Wildman–Crippen LogP) is 2.49. The third-order valence-corrected chi connectivity index (χ3v) is 5.01. The van der Waals surface area contributed by atoms with Crippen LogP contribution in [-0.2, 0) is 17.8 Å². The summed E-state index contributed by atoms with van der Waals surface area (Å²) in [7, 11) is 0. The van der Waals surface area contributed by atoms with Gasteiger partial charge in [-0.25, -0.2) is 4.39 Å². The van der Waals surface area contributed by atoms with E-state index in [1.165, 1.54) is 12.1 Å². The molecule has 0 bridgehead atoms. The fourth-order valence-corrected chi connectivity index (χ4v) is 3.79. The molecule has 5 nitrogen and oxygen atoms in total. The molecule has 1 N–H and O–H groups in total. The van der Waals surface area contributed by atoms with Crippen molar-refractivity contribution in [3.63, 3.8) is 0 Å². The third-order valence-electron chi connectivity index (χ3n) is 5.01. The van der Waals surface area contributed by atoms with Gasteiger partial charge in [-0.15, -0.1) is 0 Å². The van der Waals surface area contributed by atoms with Crippen LogP contribution in [0.1, 0.15) is 30.5 Å². The number of aromatic nitrogens is 2. The second-order valence-corrected chi connectivity index (χ2v) is 6.58. The number of benzene rings is 1. The molecule has 2 aliphatic heterocycles. The zero-order valence-electron chi connectivity index (χ0n) is 13.5. The Kier molecular flexibility index (Phi) is 4.06. The van der Waals surface area contributed by atoms with E-state index >= 15 is 0 Å². The summed E-state index contributed by atoms with van der Waals surface area (Å²) in [5, 5.41) is 7.09. The molecule has 0 saturated carbocycles. The second kappa shape index (κ2) is 6.36. The Morgan fingerprint density at radius 1 is 1.25 bits per heavy atom. The van der Waals surface area contributed by atoms with Gasteiger partial charge in [0.2, 0.25) is 5.91 Å². The summed E-state index contributed by atoms with van der Waals surface area (Å²) in [6, 6.07) is 6.44. The van der Waals surface area contributed by atoms with Crippen LogP contribution in [0.3, 0.4) is 0 Å². The third kappa shape index (κ3) is 2.82. The van der Waals surface area contributed by atoms with E-state index in [0.717, 1.165) is 55.7 Å². The van der Waals surface area contributed by atoms with Crippen molar-refractivity contribution in [1.29, 1.82) is 0 Å². The predicted molar refractivity (Wildman–Crippen MR) is 89.1 cm³/mol. The number of fused-ring (bicyclic) bond motifs is 1. The summed E-state index contributed by atoms with van der Waals surface area (Å²) in [6.45, 7) is 2.34. The number of carbonyl (C=O) groups is 1. The minimum Gasteiger partial charge on any atom is -0.308 e. The number of H-pyrrole nitrogens is 1. The molecule has 24 heavy (non-hydrogen) atoms. The Labute approximate surface area is 140 Å². The molecule has 1 fully saturated rings. The average Bonchev–Trinajstić information content (AvgIpc) is 3.25. The first-order valence-electron chi connectivity index (χ1n) is 8.54. The highest BCUT2D eigenvalue weighted by atomic mass is 19.1. The zero-order valence-corrected chi connectivity index (χ0v) is 13.5. The summed E-state index contributed by atoms with van der Waals surface area (Å²) in [4.78, 5) is 17.2. The number of hydrogen-bond acceptors (Lipinski definition) is 3. The summed E-state index contributed by atoms with van der Waals surface area (Å²) >= 11 is 0. The Hall–Kier alpha value is -2.21. The number of nitrogens with one attached hydrogen (secondary N) is 1. The van der Waals surface area contributed by atoms with Crippen molar-refractivity contribution in [2.24, 2.45) is 0 Å². The lowest BCUT2D eigenvalue weighted by Gasteiger charge is -2.32. The number of likely N-dealkylation sites (tertiary alicyclic amines) is 1. The number of amides is 1. The van der Waals surface area contributed by atoms with Crippen LogP contribution in [0.2, 0.25) is 0 Å². The molecule has 0 radical (unpaired) electrons. The summed E-state index contributed by atoms with van der Waals surface area (Å²) < 4.78 is 13.1. The molecule has 2 aliphatic rings. The van der Waals surface area contributed by atoms with Crippen LogP contribution in [0.4, 0.5) is 10.1 Å². The van der Waals surface area contributed by atoms with Gasteiger partial charge in [-0.2, -0.15) is 5.10 Å². The van der Waals surface area contributed by atoms with E-state index in [1.54, 1.807) is 18.3 Å². The summed E-state index contributed by atoms with van der Waals surface area (Å²) in [5.41, 5.74) is 3.02. The van der Waals surface area contributed by atoms with Gasteiger partial charge in [-0.05, 0) is 49.9 Å². The van der Waals surface area contributed by atoms with Crippen LogP contribution in [0, 0.1) is 5.82 Å². The molecule has 1 aromatic carbocycles. The van der Waals surface area contributed by atoms with Crippen molar-refractivity contribution in [2.45, 2.75) is 38.3 Å². The summed E-state index contributed by atoms with van der Waals surface area (Å²) in [6.07, 6.45) is 5.56. The minimum atomic E-state index is -0.228. The minimum absolute atomic E-state index is 0.101. The first kappa shape index (κ1) is 15.3. The first-order valence-corrected chi connectivity index (χ1v) is 8.54. The van der Waals surface area contributed by atoms with Crippen molar-refractivity contribution in [1.82, 2.24) is 15.1 Å². The van der Waals surface area contributed by atoms with Gasteiger partial charge in [0.05, 0.1) is 23.6 Å². The van der Waals surface area contributed by atoms with Crippen molar-refractivity contribution in [3.05, 3.63) is 47.5 Å². The van der Waals surface area contributed by atoms with Gasteiger partial charge in [-0.3, -0.25) is 14.8 Å². The van der Waals surface area contributed by atoms with Crippen molar-refractivity contribution < 1.29 is 9.18 Å². The monoisotopic (exact) mass is 328 g/mol. The number of anilines is 1. The Morgan fingerprint density at radius 2 is 2.08 bits per heavy atom. The molecule has 1 amide bonds. The standard InChI is InChI=1S/C18H21FN4O/c19-14-7-5-13(6-8-14)12-22-9-2-4-16(22)18(24)23-10-1-3-15-17(23)11-20-21-15/h5-8,11,16H,1-4,9-10,12H2,(H,20,21). The van der Waals surface area contributed by atoms with Crippen molar-refractivity contribution >= 4 is 11.6 Å². The number of aromatic amines is 1. The molecule has 1 atom stereocenters. The molecule has 4 rings (SSSR count). The van der Waals surface area contributed by atoms with E-state index in [1.807, 2.05) is 4.90 Å². The molecule has 2 aromatic rings. The molecule has 1 aromatic heterocycles. The van der Waals surface area contributed by atoms with E-state index in [2.05, 4.69) is 15.1 Å². The van der Waals surface area contributed by atoms with E-state index < -0.39 is 0 Å². The van der Waals surface area contributed by atoms with Gasteiger partial charge >= 0.3 is 0 Å². The van der Waals surface area contributed by atoms with Crippen molar-refractivity contribution in [3.8, 4) is 0 Å². The maximum atomic E-state index is 13.1. The van der Waals surface area contributed by atoms with Gasteiger partial charge in [0, 0.05) is 13.1 Å². The maximum Gasteiger partial charge on any atom is 0.244 e. The Balaban J connectivity index is 1.51. The fourth-order valence-electron chi connectivity index (χ4n) is 3.79. The SMILES string of the molecule is O=C(C1CCCN1Cc1ccc(F)cc1)N1CCCc2[nH]ncc21. The molecule has 3 heterocycles. The number of aryl methyl sites for hydroxylation is 1. The molecule has 1 saturated heterocycles. The zero-order chi connectivity index (χ0) is 16.5. The van der Waals surface area contributed by atoms with Gasteiger partial charge in [0.25, 0.3) is 0 Å². The normalized spacial score (nSPS) is 21.0. The molecular weight excluding hydrogens is 307 g/mol. The lowest BCUT2D eigenvalue weighted by Crippen LogP contribution is -2.47. The van der Waals surface area contributed by atoms with Gasteiger partial charge in [0.1, 0.15) is 5.82 Å². The number of nitrogens with zero attached hydrogens (tertiary/aromatic N) is 3. The molecule has 1 unspecified atom stereocenters. The van der Waals surface area contributed by atoms with Gasteiger partial charge in [-0.1, -0.05) is 12.1 Å². The number of rotatable bonds is 3. The van der Waals surface area contributed by atoms with E-state index in [9.17, 15) is 9.18 Å². The largest absolute Gasteiger partial charge is 0.308 e. The molecule has 0 spiro atoms. The molecule has 0 aliphatic carbocycles. The molecule has 6 heteroatoms. The van der Waals surface area contributed by atoms with E-state index in [-0.39, 0.29) is 17.8 Å². The number of halogens is 1. The van der Waals surface area contributed by atoms with Crippen LogP contribution < -0.4 is 4.90 Å². The van der Waals surface area contributed by atoms with Crippen LogP contribution in [0.25, 0.3) is 0 Å². The van der Waals surface area contributed by atoms with Crippen LogP contribution in [0.5, 0.6) is 0 Å². The van der Waals surface area contributed by atoms with E-state index in [4.69, 9.17) is 0 Å². The maximum absolute atomic E-state index is 13.1. The summed E-state index contributed by atoms with van der Waals surface area (Å²) in [5.74, 6) is -0.0643. The molecular formula is C18H21FN4O. The molecule has 126 valence electrons. The number of carbonyl (C=O) groups excluding carboxylic acids is 1. The second-order valence-electron chi connectivity index (χ2n) is 6.58. The van der Waals surface area contributed by atoms with E-state index in [0.29, 0.717) is 6.54 Å². The lowest BCUT2D eigenvalue weighted by molar-refractivity contribution is -0.123. The average molecular weight is 328 g/mol. The fraction of sp³-hybridized carbons (Fsp3) is 0.444. The highest BCUT2D eigenvalue weighted by Gasteiger charge is 2.36. The highest BCUT2D eigenvalue weighted by Crippen LogP contribution is 2.29. The number of hydrogen-bond donors (Lipinski definition) is 1. The topological polar surface area (TPSA) is 52.2 Å². The van der Waals surface area contributed by atoms with Gasteiger partial charge in [0.15, 0.2) is 0 Å². The smallest absolute Gasteiger partial charge is 0.244 e. The highest BCUT2D eigenvalue weighted by molar-refractivity contribution is 5.98. The van der Waals surface area contributed by atoms with Crippen LogP contribution >= 0.6 is 0 Å². The van der Waals surface area contributed by atoms with Crippen LogP contribution in [-0.4, -0.2) is 40.1 Å². The lowest BCUT2D eigenvalue weighted by atomic mass is 10.1. The van der Waals surface area contributed by atoms with Gasteiger partial charge < -0.3 is 4.90 Å². The Bertz CT molecular complexity index is 727. The Morgan fingerprint density at radius 3 is 2.92 bits per heavy atom. The van der Waals surface area contributed by atoms with Crippen molar-refractivity contribution in [2.75, 3.05) is 18.0 Å².